The molecule has 1 nitrogen and oxygen atoms in total. The molecule has 0 atom stereocenters. The molecule has 0 unspecified atom stereocenters. The molecule has 18 heavy (non-hydrogen) atoms. The van der Waals surface area contributed by atoms with Gasteiger partial charge in [-0.15, -0.1) is 11.3 Å². The van der Waals surface area contributed by atoms with Crippen LogP contribution in [0.5, 0.6) is 0 Å². The highest BCUT2D eigenvalue weighted by atomic mass is 79.9. The Morgan fingerprint density at radius 1 is 1.11 bits per heavy atom. The molecule has 0 amide bonds. The van der Waals surface area contributed by atoms with E-state index in [-0.39, 0.29) is 0 Å². The molecule has 0 N–H and O–H groups in total. The fourth-order valence-electron chi connectivity index (χ4n) is 2.01. The number of hydrogen-bond acceptors (Lipinski definition) is 2. The molecule has 102 valence electrons. The smallest absolute Gasteiger partial charge is 0.138 e. The molecule has 0 saturated heterocycles. The van der Waals surface area contributed by atoms with Crippen molar-refractivity contribution in [1.29, 1.82) is 0 Å². The van der Waals surface area contributed by atoms with Crippen molar-refractivity contribution in [1.82, 2.24) is 0 Å². The Hall–Kier alpha value is -0.150. The molecule has 0 spiro atoms. The third-order valence-electron chi connectivity index (χ3n) is 3.06. The summed E-state index contributed by atoms with van der Waals surface area (Å²) in [4.78, 5) is 12.9. The van der Waals surface area contributed by atoms with E-state index in [0.29, 0.717) is 12.2 Å². The van der Waals surface area contributed by atoms with Crippen LogP contribution in [0.15, 0.2) is 15.9 Å². The van der Waals surface area contributed by atoms with Crippen molar-refractivity contribution in [2.75, 3.05) is 0 Å². The van der Waals surface area contributed by atoms with E-state index in [2.05, 4.69) is 22.9 Å². The molecule has 1 aromatic rings. The molecule has 1 aromatic heterocycles. The molecule has 0 bridgehead atoms. The monoisotopic (exact) mass is 330 g/mol. The maximum absolute atomic E-state index is 11.7. The SMILES string of the molecule is CCCCCCCCCC(=O)Cc1ccc(Br)s1. The van der Waals surface area contributed by atoms with Crippen LogP contribution in [0, 0.1) is 0 Å². The van der Waals surface area contributed by atoms with Gasteiger partial charge in [0.25, 0.3) is 0 Å². The largest absolute Gasteiger partial charge is 0.299 e. The summed E-state index contributed by atoms with van der Waals surface area (Å²) < 4.78 is 1.11. The second kappa shape index (κ2) is 9.74. The predicted octanol–water partition coefficient (Wildman–Crippen LogP) is 5.76. The first kappa shape index (κ1) is 15.9. The Morgan fingerprint density at radius 2 is 1.78 bits per heavy atom. The van der Waals surface area contributed by atoms with Gasteiger partial charge in [0, 0.05) is 17.7 Å². The van der Waals surface area contributed by atoms with E-state index >= 15 is 0 Å². The average Bonchev–Trinajstić information content (AvgIpc) is 2.73. The zero-order valence-electron chi connectivity index (χ0n) is 11.2. The number of carbonyl (C=O) groups is 1. The Kier molecular flexibility index (Phi) is 8.60. The van der Waals surface area contributed by atoms with E-state index in [1.807, 2.05) is 12.1 Å². The third kappa shape index (κ3) is 7.32. The summed E-state index contributed by atoms with van der Waals surface area (Å²) in [5.41, 5.74) is 0. The Bertz CT molecular complexity index is 346. The van der Waals surface area contributed by atoms with Crippen LogP contribution in [-0.4, -0.2) is 5.78 Å². The van der Waals surface area contributed by atoms with Gasteiger partial charge in [0.1, 0.15) is 5.78 Å². The number of hydrogen-bond donors (Lipinski definition) is 0. The van der Waals surface area contributed by atoms with Crippen LogP contribution < -0.4 is 0 Å². The van der Waals surface area contributed by atoms with Crippen LogP contribution in [0.3, 0.4) is 0 Å². The van der Waals surface area contributed by atoms with Crippen molar-refractivity contribution >= 4 is 33.0 Å². The molecule has 0 fully saturated rings. The van der Waals surface area contributed by atoms with Crippen LogP contribution in [0.25, 0.3) is 0 Å². The maximum atomic E-state index is 11.7. The number of thiophene rings is 1. The minimum absolute atomic E-state index is 0.387. The van der Waals surface area contributed by atoms with E-state index in [4.69, 9.17) is 0 Å². The topological polar surface area (TPSA) is 17.1 Å². The summed E-state index contributed by atoms with van der Waals surface area (Å²) in [6.45, 7) is 2.24. The molecule has 0 aromatic carbocycles. The molecular weight excluding hydrogens is 308 g/mol. The molecule has 3 heteroatoms. The van der Waals surface area contributed by atoms with Gasteiger partial charge in [0.05, 0.1) is 3.79 Å². The lowest BCUT2D eigenvalue weighted by Gasteiger charge is -2.01. The van der Waals surface area contributed by atoms with Crippen molar-refractivity contribution < 1.29 is 4.79 Å². The number of halogens is 1. The molecule has 0 aliphatic carbocycles. The fourth-order valence-corrected chi connectivity index (χ4v) is 3.52. The Morgan fingerprint density at radius 3 is 2.39 bits per heavy atom. The van der Waals surface area contributed by atoms with Gasteiger partial charge in [-0.2, -0.15) is 0 Å². The lowest BCUT2D eigenvalue weighted by Crippen LogP contribution is -2.00. The summed E-state index contributed by atoms with van der Waals surface area (Å²) in [7, 11) is 0. The highest BCUT2D eigenvalue weighted by molar-refractivity contribution is 9.11. The normalized spacial score (nSPS) is 10.8. The first-order valence-electron chi connectivity index (χ1n) is 6.98. The lowest BCUT2D eigenvalue weighted by atomic mass is 10.1. The number of Topliss-reactive ketones (excluding diaryl/α,β-unsaturated/α-hetero) is 1. The number of ketones is 1. The summed E-state index contributed by atoms with van der Waals surface area (Å²) >= 11 is 5.09. The van der Waals surface area contributed by atoms with Crippen LogP contribution in [0.1, 0.15) is 63.2 Å². The maximum Gasteiger partial charge on any atom is 0.138 e. The van der Waals surface area contributed by atoms with Crippen molar-refractivity contribution in [3.05, 3.63) is 20.8 Å². The van der Waals surface area contributed by atoms with Crippen molar-refractivity contribution in [2.45, 2.75) is 64.7 Å². The molecule has 0 aliphatic rings. The lowest BCUT2D eigenvalue weighted by molar-refractivity contribution is -0.118. The van der Waals surface area contributed by atoms with Crippen LogP contribution in [0.2, 0.25) is 0 Å². The standard InChI is InChI=1S/C15H23BrOS/c1-2-3-4-5-6-7-8-9-13(17)12-14-10-11-15(16)18-14/h10-11H,2-9,12H2,1H3. The van der Waals surface area contributed by atoms with Gasteiger partial charge in [0.15, 0.2) is 0 Å². The minimum Gasteiger partial charge on any atom is -0.299 e. The van der Waals surface area contributed by atoms with Gasteiger partial charge in [-0.1, -0.05) is 45.4 Å². The second-order valence-electron chi connectivity index (χ2n) is 4.79. The predicted molar refractivity (Wildman–Crippen MR) is 83.3 cm³/mol. The van der Waals surface area contributed by atoms with Crippen molar-refractivity contribution in [3.8, 4) is 0 Å². The second-order valence-corrected chi connectivity index (χ2v) is 7.34. The minimum atomic E-state index is 0.387. The van der Waals surface area contributed by atoms with Gasteiger partial charge in [-0.05, 0) is 34.5 Å². The van der Waals surface area contributed by atoms with Crippen molar-refractivity contribution in [3.63, 3.8) is 0 Å². The van der Waals surface area contributed by atoms with E-state index in [0.717, 1.165) is 16.6 Å². The highest BCUT2D eigenvalue weighted by Gasteiger charge is 2.05. The summed E-state index contributed by atoms with van der Waals surface area (Å²) in [5.74, 6) is 0.387. The zero-order chi connectivity index (χ0) is 13.2. The van der Waals surface area contributed by atoms with Gasteiger partial charge >= 0.3 is 0 Å². The third-order valence-corrected chi connectivity index (χ3v) is 4.68. The van der Waals surface area contributed by atoms with Crippen LogP contribution in [-0.2, 0) is 11.2 Å². The summed E-state index contributed by atoms with van der Waals surface area (Å²) in [6, 6.07) is 4.05. The summed E-state index contributed by atoms with van der Waals surface area (Å²) in [6.07, 6.45) is 10.3. The van der Waals surface area contributed by atoms with Crippen LogP contribution in [0.4, 0.5) is 0 Å². The van der Waals surface area contributed by atoms with E-state index in [1.165, 1.54) is 43.4 Å². The van der Waals surface area contributed by atoms with Gasteiger partial charge in [-0.25, -0.2) is 0 Å². The molecule has 0 radical (unpaired) electrons. The number of carbonyl (C=O) groups excluding carboxylic acids is 1. The van der Waals surface area contributed by atoms with Gasteiger partial charge < -0.3 is 0 Å². The van der Waals surface area contributed by atoms with E-state index in [1.54, 1.807) is 11.3 Å². The first-order valence-corrected chi connectivity index (χ1v) is 8.59. The number of unbranched alkanes of at least 4 members (excludes halogenated alkanes) is 6. The van der Waals surface area contributed by atoms with E-state index in [9.17, 15) is 4.79 Å². The molecular formula is C15H23BrOS. The Labute approximate surface area is 123 Å². The zero-order valence-corrected chi connectivity index (χ0v) is 13.6. The molecule has 1 rings (SSSR count). The molecule has 1 heterocycles. The molecule has 0 saturated carbocycles. The molecule has 0 aliphatic heterocycles. The quantitative estimate of drug-likeness (QED) is 0.498. The summed E-state index contributed by atoms with van der Waals surface area (Å²) in [5, 5.41) is 0. The Balaban J connectivity index is 2.00. The van der Waals surface area contributed by atoms with Crippen LogP contribution >= 0.6 is 27.3 Å². The van der Waals surface area contributed by atoms with Gasteiger partial charge in [0.2, 0.25) is 0 Å². The van der Waals surface area contributed by atoms with E-state index < -0.39 is 0 Å². The van der Waals surface area contributed by atoms with Gasteiger partial charge in [-0.3, -0.25) is 4.79 Å². The number of rotatable bonds is 10. The first-order chi connectivity index (χ1) is 8.72. The highest BCUT2D eigenvalue weighted by Crippen LogP contribution is 2.23. The fraction of sp³-hybridized carbons (Fsp3) is 0.667. The van der Waals surface area contributed by atoms with Crippen molar-refractivity contribution in [2.24, 2.45) is 0 Å². The average molecular weight is 331 g/mol.